The maximum atomic E-state index is 6.10. The van der Waals surface area contributed by atoms with Crippen molar-refractivity contribution in [2.24, 2.45) is 7.05 Å². The fourth-order valence-electron chi connectivity index (χ4n) is 3.73. The number of nitrogens with zero attached hydrogens (tertiary/aromatic N) is 6. The summed E-state index contributed by atoms with van der Waals surface area (Å²) in [5.41, 5.74) is 10.3. The monoisotopic (exact) mass is 425 g/mol. The van der Waals surface area contributed by atoms with Crippen LogP contribution in [0.25, 0.3) is 11.0 Å². The first kappa shape index (κ1) is 23.0. The third-order valence-electron chi connectivity index (χ3n) is 5.58. The maximum absolute atomic E-state index is 6.10. The molecule has 0 bridgehead atoms. The number of nitrogen functional groups attached to an aromatic ring is 1. The van der Waals surface area contributed by atoms with Gasteiger partial charge in [0, 0.05) is 47.3 Å². The van der Waals surface area contributed by atoms with Crippen LogP contribution >= 0.6 is 0 Å². The highest BCUT2D eigenvalue weighted by atomic mass is 16.5. The normalized spacial score (nSPS) is 11.5. The molecular weight excluding hydrogens is 390 g/mol. The van der Waals surface area contributed by atoms with Gasteiger partial charge in [-0.15, -0.1) is 10.2 Å². The van der Waals surface area contributed by atoms with Gasteiger partial charge in [0.05, 0.1) is 6.61 Å². The predicted octanol–water partition coefficient (Wildman–Crippen LogP) is 3.00. The largest absolute Gasteiger partial charge is 0.383 e. The Kier molecular flexibility index (Phi) is 7.81. The number of methoxy groups -OCH3 is 1. The van der Waals surface area contributed by atoms with E-state index in [1.165, 1.54) is 11.1 Å². The van der Waals surface area contributed by atoms with Crippen molar-refractivity contribution in [3.63, 3.8) is 0 Å². The SMILES string of the molecule is CCCCc1nc2c(N)nnc(N(C)Cc3ccc(CN(C)CCOC)cc3)c2n1C. The lowest BCUT2D eigenvalue weighted by molar-refractivity contribution is 0.158. The van der Waals surface area contributed by atoms with E-state index in [1.807, 2.05) is 14.1 Å². The number of imidazole rings is 1. The van der Waals surface area contributed by atoms with Crippen LogP contribution in [0.1, 0.15) is 36.7 Å². The van der Waals surface area contributed by atoms with E-state index in [0.717, 1.165) is 68.2 Å². The van der Waals surface area contributed by atoms with Gasteiger partial charge >= 0.3 is 0 Å². The van der Waals surface area contributed by atoms with Crippen molar-refractivity contribution in [1.82, 2.24) is 24.6 Å². The smallest absolute Gasteiger partial charge is 0.177 e. The van der Waals surface area contributed by atoms with Gasteiger partial charge < -0.3 is 19.9 Å². The Balaban J connectivity index is 1.76. The Hall–Kier alpha value is -2.71. The lowest BCUT2D eigenvalue weighted by Crippen LogP contribution is -2.22. The molecule has 0 amide bonds. The van der Waals surface area contributed by atoms with Crippen LogP contribution in [-0.4, -0.2) is 59.0 Å². The summed E-state index contributed by atoms with van der Waals surface area (Å²) >= 11 is 0. The molecule has 0 spiro atoms. The number of fused-ring (bicyclic) bond motifs is 1. The van der Waals surface area contributed by atoms with Crippen LogP contribution in [-0.2, 0) is 31.3 Å². The maximum Gasteiger partial charge on any atom is 0.177 e. The molecule has 0 aliphatic rings. The van der Waals surface area contributed by atoms with Crippen LogP contribution in [0, 0.1) is 0 Å². The standard InChI is InChI=1S/C23H35N7O/c1-6-7-8-19-25-20-21(30(19)4)23(27-26-22(20)24)29(3)16-18-11-9-17(10-12-18)15-28(2)13-14-31-5/h9-12H,6-8,13-16H2,1-5H3,(H2,24,26). The molecule has 0 aliphatic carbocycles. The molecule has 0 fully saturated rings. The van der Waals surface area contributed by atoms with Gasteiger partial charge in [0.2, 0.25) is 0 Å². The van der Waals surface area contributed by atoms with Gasteiger partial charge in [-0.25, -0.2) is 4.98 Å². The third-order valence-corrected chi connectivity index (χ3v) is 5.58. The van der Waals surface area contributed by atoms with Crippen molar-refractivity contribution in [3.8, 4) is 0 Å². The van der Waals surface area contributed by atoms with Crippen LogP contribution < -0.4 is 10.6 Å². The highest BCUT2D eigenvalue weighted by Crippen LogP contribution is 2.28. The first-order chi connectivity index (χ1) is 14.9. The number of nitrogens with two attached hydrogens (primary N) is 1. The number of unbranched alkanes of at least 4 members (excludes halogenated alkanes) is 1. The average molecular weight is 426 g/mol. The van der Waals surface area contributed by atoms with Crippen LogP contribution in [0.4, 0.5) is 11.6 Å². The number of anilines is 2. The number of rotatable bonds is 11. The lowest BCUT2D eigenvalue weighted by atomic mass is 10.1. The molecule has 0 aliphatic heterocycles. The summed E-state index contributed by atoms with van der Waals surface area (Å²) < 4.78 is 7.26. The summed E-state index contributed by atoms with van der Waals surface area (Å²) in [7, 11) is 7.91. The van der Waals surface area contributed by atoms with Crippen LogP contribution in [0.2, 0.25) is 0 Å². The molecule has 2 heterocycles. The van der Waals surface area contributed by atoms with Gasteiger partial charge in [-0.2, -0.15) is 0 Å². The molecule has 0 saturated carbocycles. The number of benzene rings is 1. The van der Waals surface area contributed by atoms with Gasteiger partial charge in [0.1, 0.15) is 16.9 Å². The molecule has 31 heavy (non-hydrogen) atoms. The van der Waals surface area contributed by atoms with Crippen molar-refractivity contribution >= 4 is 22.7 Å². The molecule has 168 valence electrons. The van der Waals surface area contributed by atoms with Crippen molar-refractivity contribution < 1.29 is 4.74 Å². The Labute approximate surface area is 185 Å². The van der Waals surface area contributed by atoms with E-state index in [1.54, 1.807) is 7.11 Å². The predicted molar refractivity (Wildman–Crippen MR) is 126 cm³/mol. The first-order valence-corrected chi connectivity index (χ1v) is 10.9. The molecule has 0 radical (unpaired) electrons. The van der Waals surface area contributed by atoms with Crippen molar-refractivity contribution in [3.05, 3.63) is 41.2 Å². The summed E-state index contributed by atoms with van der Waals surface area (Å²) in [5.74, 6) is 2.20. The average Bonchev–Trinajstić information content (AvgIpc) is 3.09. The number of ether oxygens (including phenoxy) is 1. The van der Waals surface area contributed by atoms with Gasteiger partial charge in [-0.1, -0.05) is 37.6 Å². The van der Waals surface area contributed by atoms with Gasteiger partial charge in [0.15, 0.2) is 11.6 Å². The zero-order valence-corrected chi connectivity index (χ0v) is 19.4. The molecule has 3 aromatic rings. The number of aromatic nitrogens is 4. The fourth-order valence-corrected chi connectivity index (χ4v) is 3.73. The van der Waals surface area contributed by atoms with Gasteiger partial charge in [-0.05, 0) is 24.6 Å². The molecule has 0 atom stereocenters. The fraction of sp³-hybridized carbons (Fsp3) is 0.522. The Morgan fingerprint density at radius 2 is 1.74 bits per heavy atom. The molecule has 3 rings (SSSR count). The summed E-state index contributed by atoms with van der Waals surface area (Å²) in [6, 6.07) is 8.72. The number of hydrogen-bond donors (Lipinski definition) is 1. The summed E-state index contributed by atoms with van der Waals surface area (Å²) in [4.78, 5) is 9.12. The van der Waals surface area contributed by atoms with Gasteiger partial charge in [-0.3, -0.25) is 4.90 Å². The zero-order valence-electron chi connectivity index (χ0n) is 19.4. The van der Waals surface area contributed by atoms with E-state index in [-0.39, 0.29) is 0 Å². The van der Waals surface area contributed by atoms with E-state index in [4.69, 9.17) is 15.5 Å². The quantitative estimate of drug-likeness (QED) is 0.505. The molecular formula is C23H35N7O. The second kappa shape index (κ2) is 10.5. The van der Waals surface area contributed by atoms with E-state index < -0.39 is 0 Å². The topological polar surface area (TPSA) is 85.3 Å². The van der Waals surface area contributed by atoms with Crippen molar-refractivity contribution in [2.75, 3.05) is 45.0 Å². The molecule has 1 aromatic carbocycles. The number of likely N-dealkylation sites (N-methyl/N-ethyl adjacent to an activating group) is 1. The highest BCUT2D eigenvalue weighted by molar-refractivity contribution is 5.93. The van der Waals surface area contributed by atoms with Gasteiger partial charge in [0.25, 0.3) is 0 Å². The van der Waals surface area contributed by atoms with Crippen LogP contribution in [0.3, 0.4) is 0 Å². The molecule has 8 nitrogen and oxygen atoms in total. The second-order valence-electron chi connectivity index (χ2n) is 8.20. The first-order valence-electron chi connectivity index (χ1n) is 10.9. The second-order valence-corrected chi connectivity index (χ2v) is 8.20. The third kappa shape index (κ3) is 5.51. The molecule has 2 aromatic heterocycles. The van der Waals surface area contributed by atoms with E-state index >= 15 is 0 Å². The lowest BCUT2D eigenvalue weighted by Gasteiger charge is -2.20. The minimum absolute atomic E-state index is 0.382. The Bertz CT molecular complexity index is 984. The molecule has 2 N–H and O–H groups in total. The van der Waals surface area contributed by atoms with E-state index in [0.29, 0.717) is 5.82 Å². The Morgan fingerprint density at radius 1 is 1.06 bits per heavy atom. The molecule has 0 unspecified atom stereocenters. The van der Waals surface area contributed by atoms with E-state index in [2.05, 4.69) is 62.8 Å². The Morgan fingerprint density at radius 3 is 2.39 bits per heavy atom. The molecule has 0 saturated heterocycles. The van der Waals surface area contributed by atoms with Crippen molar-refractivity contribution in [2.45, 2.75) is 39.3 Å². The van der Waals surface area contributed by atoms with Crippen molar-refractivity contribution in [1.29, 1.82) is 0 Å². The highest BCUT2D eigenvalue weighted by Gasteiger charge is 2.19. The summed E-state index contributed by atoms with van der Waals surface area (Å²) in [6.07, 6.45) is 3.14. The summed E-state index contributed by atoms with van der Waals surface area (Å²) in [5, 5.41) is 8.58. The minimum atomic E-state index is 0.382. The van der Waals surface area contributed by atoms with Crippen LogP contribution in [0.15, 0.2) is 24.3 Å². The number of aryl methyl sites for hydroxylation is 2. The minimum Gasteiger partial charge on any atom is -0.383 e. The van der Waals surface area contributed by atoms with Crippen LogP contribution in [0.5, 0.6) is 0 Å². The molecule has 8 heteroatoms. The zero-order chi connectivity index (χ0) is 22.4. The number of hydrogen-bond acceptors (Lipinski definition) is 7. The summed E-state index contributed by atoms with van der Waals surface area (Å²) in [6.45, 7) is 5.46. The van der Waals surface area contributed by atoms with E-state index in [9.17, 15) is 0 Å².